The molecule has 0 aliphatic carbocycles. The van der Waals surface area contributed by atoms with Crippen LogP contribution >= 0.6 is 11.3 Å². The number of hydrazine groups is 1. The van der Waals surface area contributed by atoms with E-state index in [1.165, 1.54) is 11.3 Å². The molecular formula is C27H28N4O4S. The molecule has 1 fully saturated rings. The third kappa shape index (κ3) is 4.41. The first kappa shape index (κ1) is 24.2. The van der Waals surface area contributed by atoms with Crippen LogP contribution in [0.25, 0.3) is 6.08 Å². The second-order valence-corrected chi connectivity index (χ2v) is 9.68. The molecule has 2 aliphatic heterocycles. The molecule has 9 heteroatoms. The van der Waals surface area contributed by atoms with E-state index < -0.39 is 12.0 Å². The largest absolute Gasteiger partial charge is 0.497 e. The predicted octanol–water partition coefficient (Wildman–Crippen LogP) is 2.22. The molecule has 1 saturated heterocycles. The number of rotatable bonds is 6. The zero-order valence-electron chi connectivity index (χ0n) is 20.4. The lowest BCUT2D eigenvalue weighted by molar-refractivity contribution is -0.139. The third-order valence-corrected chi connectivity index (χ3v) is 7.50. The molecule has 0 bridgehead atoms. The summed E-state index contributed by atoms with van der Waals surface area (Å²) < 4.78 is 12.9. The average Bonchev–Trinajstić information content (AvgIpc) is 3.48. The SMILES string of the molecule is CCOC(=O)C1=C(C)N=c2s/c(=C/C3CNNC3c3ccccc3)c(=O)n2C1c1ccc(OC)cc1. The number of methoxy groups -OCH3 is 1. The summed E-state index contributed by atoms with van der Waals surface area (Å²) >= 11 is 1.34. The minimum atomic E-state index is -0.641. The Morgan fingerprint density at radius 1 is 1.17 bits per heavy atom. The van der Waals surface area contributed by atoms with Crippen LogP contribution in [-0.2, 0) is 9.53 Å². The van der Waals surface area contributed by atoms with Gasteiger partial charge in [-0.05, 0) is 37.1 Å². The van der Waals surface area contributed by atoms with E-state index in [4.69, 9.17) is 9.47 Å². The van der Waals surface area contributed by atoms with Crippen LogP contribution in [0, 0.1) is 5.92 Å². The van der Waals surface area contributed by atoms with Gasteiger partial charge in [-0.15, -0.1) is 0 Å². The molecule has 3 aromatic rings. The van der Waals surface area contributed by atoms with Crippen molar-refractivity contribution in [2.24, 2.45) is 10.9 Å². The second kappa shape index (κ2) is 10.2. The molecule has 2 aliphatic rings. The molecule has 3 heterocycles. The number of nitrogens with one attached hydrogen (secondary N) is 2. The van der Waals surface area contributed by atoms with Crippen molar-refractivity contribution in [3.8, 4) is 5.75 Å². The van der Waals surface area contributed by atoms with E-state index in [1.54, 1.807) is 25.5 Å². The smallest absolute Gasteiger partial charge is 0.338 e. The molecule has 3 unspecified atom stereocenters. The Bertz CT molecular complexity index is 1470. The monoisotopic (exact) mass is 504 g/mol. The zero-order chi connectivity index (χ0) is 25.2. The van der Waals surface area contributed by atoms with Gasteiger partial charge < -0.3 is 9.47 Å². The second-order valence-electron chi connectivity index (χ2n) is 8.68. The van der Waals surface area contributed by atoms with Crippen LogP contribution in [-0.4, -0.2) is 30.8 Å². The standard InChI is InChI=1S/C27H28N4O4S/c1-4-35-26(33)22-16(2)29-27-31(24(22)18-10-12-20(34-3)13-11-18)25(32)21(36-27)14-19-15-28-30-23(19)17-8-6-5-7-9-17/h5-14,19,23-24,28,30H,4,15H2,1-3H3/b21-14+. The Hall–Kier alpha value is -3.53. The van der Waals surface area contributed by atoms with Gasteiger partial charge in [-0.2, -0.15) is 0 Å². The zero-order valence-corrected chi connectivity index (χ0v) is 21.2. The Morgan fingerprint density at radius 3 is 2.61 bits per heavy atom. The van der Waals surface area contributed by atoms with Crippen molar-refractivity contribution in [3.05, 3.63) is 96.7 Å². The Labute approximate surface area is 212 Å². The van der Waals surface area contributed by atoms with Crippen molar-refractivity contribution in [1.82, 2.24) is 15.4 Å². The van der Waals surface area contributed by atoms with Gasteiger partial charge in [0.15, 0.2) is 4.80 Å². The predicted molar refractivity (Wildman–Crippen MR) is 138 cm³/mol. The number of aromatic nitrogens is 1. The lowest BCUT2D eigenvalue weighted by Gasteiger charge is -2.24. The summed E-state index contributed by atoms with van der Waals surface area (Å²) in [5, 5.41) is 0. The summed E-state index contributed by atoms with van der Waals surface area (Å²) in [5.41, 5.74) is 9.22. The molecule has 5 rings (SSSR count). The van der Waals surface area contributed by atoms with Gasteiger partial charge >= 0.3 is 5.97 Å². The highest BCUT2D eigenvalue weighted by molar-refractivity contribution is 7.07. The highest BCUT2D eigenvalue weighted by Crippen LogP contribution is 2.32. The Balaban J connectivity index is 1.63. The first-order valence-electron chi connectivity index (χ1n) is 11.9. The van der Waals surface area contributed by atoms with Crippen LogP contribution < -0.4 is 30.5 Å². The van der Waals surface area contributed by atoms with Gasteiger partial charge in [0.2, 0.25) is 0 Å². The summed E-state index contributed by atoms with van der Waals surface area (Å²) in [6.45, 7) is 4.48. The topological polar surface area (TPSA) is 94.0 Å². The van der Waals surface area contributed by atoms with Gasteiger partial charge in [0.25, 0.3) is 5.56 Å². The Kier molecular flexibility index (Phi) is 6.86. The van der Waals surface area contributed by atoms with Crippen LogP contribution in [0.1, 0.15) is 37.1 Å². The van der Waals surface area contributed by atoms with Crippen LogP contribution in [0.3, 0.4) is 0 Å². The summed E-state index contributed by atoms with van der Waals surface area (Å²) in [6.07, 6.45) is 2.02. The fourth-order valence-electron chi connectivity index (χ4n) is 4.76. The van der Waals surface area contributed by atoms with Crippen molar-refractivity contribution < 1.29 is 14.3 Å². The van der Waals surface area contributed by atoms with Crippen molar-refractivity contribution in [2.45, 2.75) is 25.9 Å². The van der Waals surface area contributed by atoms with E-state index in [1.807, 2.05) is 48.5 Å². The molecule has 36 heavy (non-hydrogen) atoms. The lowest BCUT2D eigenvalue weighted by atomic mass is 9.94. The molecule has 0 spiro atoms. The van der Waals surface area contributed by atoms with Gasteiger partial charge in [-0.25, -0.2) is 15.2 Å². The number of carbonyl (C=O) groups is 1. The van der Waals surface area contributed by atoms with E-state index in [0.29, 0.717) is 32.9 Å². The third-order valence-electron chi connectivity index (χ3n) is 6.50. The van der Waals surface area contributed by atoms with Crippen molar-refractivity contribution in [3.63, 3.8) is 0 Å². The lowest BCUT2D eigenvalue weighted by Crippen LogP contribution is -2.40. The fraction of sp³-hybridized carbons (Fsp3) is 0.296. The van der Waals surface area contributed by atoms with E-state index >= 15 is 0 Å². The first-order chi connectivity index (χ1) is 17.5. The van der Waals surface area contributed by atoms with Crippen molar-refractivity contribution >= 4 is 23.4 Å². The summed E-state index contributed by atoms with van der Waals surface area (Å²) in [7, 11) is 1.60. The number of thiazole rings is 1. The molecule has 0 amide bonds. The van der Waals surface area contributed by atoms with Crippen molar-refractivity contribution in [1.29, 1.82) is 0 Å². The molecular weight excluding hydrogens is 476 g/mol. The van der Waals surface area contributed by atoms with Gasteiger partial charge in [0.05, 0.1) is 41.6 Å². The number of allylic oxidation sites excluding steroid dienone is 1. The highest BCUT2D eigenvalue weighted by atomic mass is 32.1. The number of ether oxygens (including phenoxy) is 2. The maximum Gasteiger partial charge on any atom is 0.338 e. The van der Waals surface area contributed by atoms with Crippen LogP contribution in [0.2, 0.25) is 0 Å². The molecule has 1 aromatic heterocycles. The maximum absolute atomic E-state index is 13.8. The van der Waals surface area contributed by atoms with E-state index in [2.05, 4.69) is 28.0 Å². The molecule has 2 N–H and O–H groups in total. The van der Waals surface area contributed by atoms with Gasteiger partial charge in [-0.1, -0.05) is 59.9 Å². The fourth-order valence-corrected chi connectivity index (χ4v) is 5.85. The number of hydrogen-bond donors (Lipinski definition) is 2. The number of fused-ring (bicyclic) bond motifs is 1. The van der Waals surface area contributed by atoms with Crippen LogP contribution in [0.5, 0.6) is 5.75 Å². The molecule has 186 valence electrons. The summed E-state index contributed by atoms with van der Waals surface area (Å²) in [6, 6.07) is 16.9. The Morgan fingerprint density at radius 2 is 1.92 bits per heavy atom. The molecule has 3 atom stereocenters. The molecule has 2 aromatic carbocycles. The van der Waals surface area contributed by atoms with Crippen LogP contribution in [0.4, 0.5) is 0 Å². The summed E-state index contributed by atoms with van der Waals surface area (Å²) in [5.74, 6) is 0.290. The van der Waals surface area contributed by atoms with Gasteiger partial charge in [-0.3, -0.25) is 14.8 Å². The maximum atomic E-state index is 13.8. The molecule has 8 nitrogen and oxygen atoms in total. The van der Waals surface area contributed by atoms with Gasteiger partial charge in [0.1, 0.15) is 5.75 Å². The molecule has 0 saturated carbocycles. The van der Waals surface area contributed by atoms with E-state index in [-0.39, 0.29) is 24.1 Å². The number of esters is 1. The van der Waals surface area contributed by atoms with E-state index in [0.717, 1.165) is 11.1 Å². The minimum Gasteiger partial charge on any atom is -0.497 e. The molecule has 0 radical (unpaired) electrons. The summed E-state index contributed by atoms with van der Waals surface area (Å²) in [4.78, 5) is 32.1. The first-order valence-corrected chi connectivity index (χ1v) is 12.7. The average molecular weight is 505 g/mol. The normalized spacial score (nSPS) is 21.8. The van der Waals surface area contributed by atoms with E-state index in [9.17, 15) is 9.59 Å². The van der Waals surface area contributed by atoms with Crippen molar-refractivity contribution in [2.75, 3.05) is 20.3 Å². The number of carbonyl (C=O) groups excluding carboxylic acids is 1. The number of hydrogen-bond acceptors (Lipinski definition) is 8. The quantitative estimate of drug-likeness (QED) is 0.500. The van der Waals surface area contributed by atoms with Gasteiger partial charge in [0, 0.05) is 12.5 Å². The number of nitrogens with zero attached hydrogens (tertiary/aromatic N) is 2. The number of benzene rings is 2. The van der Waals surface area contributed by atoms with Crippen LogP contribution in [0.15, 0.2) is 75.7 Å². The highest BCUT2D eigenvalue weighted by Gasteiger charge is 2.34. The minimum absolute atomic E-state index is 0.0407.